The van der Waals surface area contributed by atoms with Crippen molar-refractivity contribution >= 4 is 21.6 Å². The summed E-state index contributed by atoms with van der Waals surface area (Å²) in [5, 5.41) is -0.145. The fourth-order valence-electron chi connectivity index (χ4n) is 1.53. The lowest BCUT2D eigenvalue weighted by molar-refractivity contribution is 0.532. The van der Waals surface area contributed by atoms with Crippen molar-refractivity contribution in [3.8, 4) is 0 Å². The molecule has 0 amide bonds. The lowest BCUT2D eigenvalue weighted by Crippen LogP contribution is -2.34. The summed E-state index contributed by atoms with van der Waals surface area (Å²) >= 11 is 5.77. The van der Waals surface area contributed by atoms with Gasteiger partial charge in [-0.25, -0.2) is 17.5 Å². The Hall–Kier alpha value is -0.650. The molecular formula is C11H15ClFNO2S. The van der Waals surface area contributed by atoms with Crippen LogP contribution in [0.25, 0.3) is 0 Å². The minimum absolute atomic E-state index is 0.145. The smallest absolute Gasteiger partial charge is 0.208 e. The van der Waals surface area contributed by atoms with Crippen molar-refractivity contribution in [1.82, 2.24) is 4.72 Å². The van der Waals surface area contributed by atoms with Gasteiger partial charge in [0.25, 0.3) is 0 Å². The Balaban J connectivity index is 2.86. The van der Waals surface area contributed by atoms with Gasteiger partial charge in [0.1, 0.15) is 10.7 Å². The van der Waals surface area contributed by atoms with E-state index in [1.54, 1.807) is 13.8 Å². The first-order chi connectivity index (χ1) is 7.83. The van der Waals surface area contributed by atoms with Gasteiger partial charge in [0.15, 0.2) is 0 Å². The van der Waals surface area contributed by atoms with Crippen LogP contribution >= 0.6 is 11.6 Å². The van der Waals surface area contributed by atoms with Crippen LogP contribution < -0.4 is 4.72 Å². The van der Waals surface area contributed by atoms with Crippen LogP contribution in [0.2, 0.25) is 0 Å². The maximum atomic E-state index is 13.4. The van der Waals surface area contributed by atoms with Gasteiger partial charge in [0.2, 0.25) is 10.0 Å². The molecule has 1 rings (SSSR count). The van der Waals surface area contributed by atoms with Crippen molar-refractivity contribution in [3.05, 3.63) is 30.1 Å². The molecule has 0 saturated carbocycles. The van der Waals surface area contributed by atoms with Crippen LogP contribution in [0.1, 0.15) is 20.3 Å². The van der Waals surface area contributed by atoms with Gasteiger partial charge >= 0.3 is 0 Å². The van der Waals surface area contributed by atoms with Crippen LogP contribution in [0, 0.1) is 5.82 Å². The van der Waals surface area contributed by atoms with E-state index >= 15 is 0 Å². The summed E-state index contributed by atoms with van der Waals surface area (Å²) in [6.07, 6.45) is 0.481. The van der Waals surface area contributed by atoms with Gasteiger partial charge in [-0.05, 0) is 32.4 Å². The van der Waals surface area contributed by atoms with E-state index < -0.39 is 15.8 Å². The fraction of sp³-hybridized carbons (Fsp3) is 0.455. The topological polar surface area (TPSA) is 46.2 Å². The predicted octanol–water partition coefficient (Wildman–Crippen LogP) is 2.51. The molecule has 0 aliphatic heterocycles. The number of hydrogen-bond donors (Lipinski definition) is 1. The van der Waals surface area contributed by atoms with Crippen molar-refractivity contribution in [3.63, 3.8) is 0 Å². The van der Waals surface area contributed by atoms with Crippen LogP contribution in [0.15, 0.2) is 29.2 Å². The summed E-state index contributed by atoms with van der Waals surface area (Å²) in [4.78, 5) is -0.339. The lowest BCUT2D eigenvalue weighted by Gasteiger charge is -2.15. The van der Waals surface area contributed by atoms with Crippen molar-refractivity contribution in [1.29, 1.82) is 0 Å². The average Bonchev–Trinajstić information content (AvgIpc) is 2.15. The summed E-state index contributed by atoms with van der Waals surface area (Å²) in [6, 6.07) is 4.93. The standard InChI is InChI=1S/C11H15ClFNO2S/c1-8(12)7-9(2)14-17(15,16)11-6-4-3-5-10(11)13/h3-6,8-9,14H,7H2,1-2H3. The molecule has 0 aliphatic carbocycles. The van der Waals surface area contributed by atoms with Crippen LogP contribution in [0.4, 0.5) is 4.39 Å². The molecule has 0 heterocycles. The van der Waals surface area contributed by atoms with E-state index in [4.69, 9.17) is 11.6 Å². The number of nitrogens with one attached hydrogen (secondary N) is 1. The Labute approximate surface area is 106 Å². The average molecular weight is 280 g/mol. The Morgan fingerprint density at radius 1 is 1.35 bits per heavy atom. The van der Waals surface area contributed by atoms with E-state index in [9.17, 15) is 12.8 Å². The first kappa shape index (κ1) is 14.4. The maximum absolute atomic E-state index is 13.4. The molecule has 6 heteroatoms. The third-order valence-electron chi connectivity index (χ3n) is 2.16. The molecule has 17 heavy (non-hydrogen) atoms. The molecule has 0 aliphatic rings. The minimum atomic E-state index is -3.82. The first-order valence-electron chi connectivity index (χ1n) is 5.24. The monoisotopic (exact) mass is 279 g/mol. The highest BCUT2D eigenvalue weighted by Crippen LogP contribution is 2.15. The predicted molar refractivity (Wildman–Crippen MR) is 66.1 cm³/mol. The van der Waals surface area contributed by atoms with Gasteiger partial charge in [0.05, 0.1) is 0 Å². The molecule has 0 saturated heterocycles. The number of rotatable bonds is 5. The second-order valence-electron chi connectivity index (χ2n) is 3.97. The maximum Gasteiger partial charge on any atom is 0.243 e. The van der Waals surface area contributed by atoms with Crippen molar-refractivity contribution in [2.45, 2.75) is 36.6 Å². The zero-order valence-electron chi connectivity index (χ0n) is 9.65. The van der Waals surface area contributed by atoms with E-state index in [0.717, 1.165) is 6.07 Å². The van der Waals surface area contributed by atoms with Crippen LogP contribution in [-0.4, -0.2) is 19.8 Å². The SMILES string of the molecule is CC(Cl)CC(C)NS(=O)(=O)c1ccccc1F. The first-order valence-corrected chi connectivity index (χ1v) is 7.16. The number of sulfonamides is 1. The summed E-state index contributed by atoms with van der Waals surface area (Å²) in [7, 11) is -3.82. The van der Waals surface area contributed by atoms with Crippen LogP contribution in [-0.2, 0) is 10.0 Å². The van der Waals surface area contributed by atoms with Crippen molar-refractivity contribution in [2.75, 3.05) is 0 Å². The zero-order chi connectivity index (χ0) is 13.1. The number of benzene rings is 1. The zero-order valence-corrected chi connectivity index (χ0v) is 11.2. The molecule has 0 aromatic heterocycles. The summed E-state index contributed by atoms with van der Waals surface area (Å²) in [5.74, 6) is -0.758. The number of halogens is 2. The van der Waals surface area contributed by atoms with Gasteiger partial charge in [-0.3, -0.25) is 0 Å². The largest absolute Gasteiger partial charge is 0.243 e. The highest BCUT2D eigenvalue weighted by atomic mass is 35.5. The Bertz CT molecular complexity index is 476. The van der Waals surface area contributed by atoms with Gasteiger partial charge in [-0.1, -0.05) is 12.1 Å². The summed E-state index contributed by atoms with van der Waals surface area (Å²) in [5.41, 5.74) is 0. The summed E-state index contributed by atoms with van der Waals surface area (Å²) in [6.45, 7) is 3.47. The summed E-state index contributed by atoms with van der Waals surface area (Å²) < 4.78 is 39.4. The van der Waals surface area contributed by atoms with E-state index in [1.807, 2.05) is 0 Å². The van der Waals surface area contributed by atoms with E-state index in [-0.39, 0.29) is 16.3 Å². The molecule has 1 aromatic rings. The van der Waals surface area contributed by atoms with Gasteiger partial charge in [-0.2, -0.15) is 0 Å². The quantitative estimate of drug-likeness (QED) is 0.842. The van der Waals surface area contributed by atoms with Crippen LogP contribution in [0.3, 0.4) is 0 Å². The Kier molecular flexibility index (Phi) is 4.91. The Morgan fingerprint density at radius 2 is 1.94 bits per heavy atom. The van der Waals surface area contributed by atoms with Crippen molar-refractivity contribution in [2.24, 2.45) is 0 Å². The molecule has 1 N–H and O–H groups in total. The molecule has 1 aromatic carbocycles. The molecule has 0 fully saturated rings. The van der Waals surface area contributed by atoms with Gasteiger partial charge in [-0.15, -0.1) is 11.6 Å². The molecule has 96 valence electrons. The second-order valence-corrected chi connectivity index (χ2v) is 6.40. The molecule has 2 atom stereocenters. The normalized spacial score (nSPS) is 15.5. The highest BCUT2D eigenvalue weighted by molar-refractivity contribution is 7.89. The molecular weight excluding hydrogens is 265 g/mol. The van der Waals surface area contributed by atoms with Crippen molar-refractivity contribution < 1.29 is 12.8 Å². The second kappa shape index (κ2) is 5.80. The molecule has 2 unspecified atom stereocenters. The van der Waals surface area contributed by atoms with Gasteiger partial charge in [0, 0.05) is 11.4 Å². The Morgan fingerprint density at radius 3 is 2.47 bits per heavy atom. The number of alkyl halides is 1. The molecule has 0 bridgehead atoms. The molecule has 0 radical (unpaired) electrons. The van der Waals surface area contributed by atoms with E-state index in [1.165, 1.54) is 18.2 Å². The van der Waals surface area contributed by atoms with E-state index in [2.05, 4.69) is 4.72 Å². The molecule has 3 nitrogen and oxygen atoms in total. The van der Waals surface area contributed by atoms with Crippen LogP contribution in [0.5, 0.6) is 0 Å². The lowest BCUT2D eigenvalue weighted by atomic mass is 10.2. The van der Waals surface area contributed by atoms with E-state index in [0.29, 0.717) is 6.42 Å². The third kappa shape index (κ3) is 4.26. The highest BCUT2D eigenvalue weighted by Gasteiger charge is 2.21. The fourth-order valence-corrected chi connectivity index (χ4v) is 3.13. The number of hydrogen-bond acceptors (Lipinski definition) is 2. The minimum Gasteiger partial charge on any atom is -0.208 e. The van der Waals surface area contributed by atoms with Gasteiger partial charge < -0.3 is 0 Å². The third-order valence-corrected chi connectivity index (χ3v) is 3.96. The molecule has 0 spiro atoms.